The van der Waals surface area contributed by atoms with E-state index in [0.29, 0.717) is 12.8 Å². The van der Waals surface area contributed by atoms with E-state index in [0.717, 1.165) is 70.6 Å². The second-order valence-electron chi connectivity index (χ2n) is 13.8. The SMILES string of the molecule is CCCCC/C=C\C/C=C\C/C=C\C/C=C\CCCC(=O)OC(CCCC)CCCCCCCCCCCCCCCCCCC(=O)O. The lowest BCUT2D eigenvalue weighted by atomic mass is 10.0. The average Bonchev–Trinajstić information content (AvgIpc) is 3.07. The normalized spacial score (nSPS) is 12.7. The summed E-state index contributed by atoms with van der Waals surface area (Å²) in [6.45, 7) is 4.46. The third-order valence-corrected chi connectivity index (χ3v) is 9.05. The first kappa shape index (κ1) is 45.9. The molecular weight excluding hydrogens is 592 g/mol. The van der Waals surface area contributed by atoms with E-state index in [9.17, 15) is 9.59 Å². The maximum Gasteiger partial charge on any atom is 0.306 e. The molecule has 0 rings (SSSR count). The van der Waals surface area contributed by atoms with Gasteiger partial charge in [-0.3, -0.25) is 9.59 Å². The maximum atomic E-state index is 12.5. The number of carbonyl (C=O) groups excluding carboxylic acids is 1. The molecule has 278 valence electrons. The first-order chi connectivity index (χ1) is 23.6. The number of carboxylic acids is 1. The fraction of sp³-hybridized carbons (Fsp3) is 0.773. The van der Waals surface area contributed by atoms with Crippen LogP contribution in [0.1, 0.15) is 213 Å². The van der Waals surface area contributed by atoms with E-state index >= 15 is 0 Å². The highest BCUT2D eigenvalue weighted by Gasteiger charge is 2.13. The van der Waals surface area contributed by atoms with Crippen LogP contribution in [0.4, 0.5) is 0 Å². The van der Waals surface area contributed by atoms with Crippen molar-refractivity contribution in [1.29, 1.82) is 0 Å². The fourth-order valence-electron chi connectivity index (χ4n) is 5.99. The molecule has 1 atom stereocenters. The van der Waals surface area contributed by atoms with Crippen LogP contribution in [-0.2, 0) is 14.3 Å². The molecule has 0 aromatic carbocycles. The summed E-state index contributed by atoms with van der Waals surface area (Å²) in [5.41, 5.74) is 0. The van der Waals surface area contributed by atoms with Crippen LogP contribution < -0.4 is 0 Å². The number of carboxylic acid groups (broad SMARTS) is 1. The molecule has 0 fully saturated rings. The van der Waals surface area contributed by atoms with Crippen molar-refractivity contribution in [2.75, 3.05) is 0 Å². The van der Waals surface area contributed by atoms with Crippen LogP contribution in [0.2, 0.25) is 0 Å². The van der Waals surface area contributed by atoms with Crippen LogP contribution in [0.5, 0.6) is 0 Å². The van der Waals surface area contributed by atoms with E-state index in [1.807, 2.05) is 0 Å². The van der Waals surface area contributed by atoms with Gasteiger partial charge in [0.05, 0.1) is 0 Å². The molecule has 0 saturated carbocycles. The van der Waals surface area contributed by atoms with E-state index < -0.39 is 5.97 Å². The number of ether oxygens (including phenoxy) is 1. The second kappa shape index (κ2) is 39.3. The monoisotopic (exact) mass is 671 g/mol. The standard InChI is InChI=1S/C44H78O4/c1-3-5-7-8-9-10-11-12-13-14-19-22-25-28-31-34-37-41-44(47)48-42(38-6-4-2)39-35-32-29-26-23-20-17-15-16-18-21-24-27-30-33-36-40-43(45)46/h9-10,12-13,19,22,28,31,42H,3-8,11,14-18,20-21,23-27,29-30,32-41H2,1-2H3,(H,45,46)/b10-9-,13-12-,22-19-,31-28-. The minimum atomic E-state index is -0.665. The van der Waals surface area contributed by atoms with Crippen LogP contribution in [-0.4, -0.2) is 23.1 Å². The van der Waals surface area contributed by atoms with Gasteiger partial charge in [0.25, 0.3) is 0 Å². The van der Waals surface area contributed by atoms with Gasteiger partial charge in [0, 0.05) is 12.8 Å². The Kier molecular flexibility index (Phi) is 37.6. The van der Waals surface area contributed by atoms with E-state index in [1.165, 1.54) is 116 Å². The van der Waals surface area contributed by atoms with Crippen molar-refractivity contribution in [1.82, 2.24) is 0 Å². The zero-order chi connectivity index (χ0) is 35.0. The Bertz CT molecular complexity index is 809. The van der Waals surface area contributed by atoms with E-state index in [-0.39, 0.29) is 12.1 Å². The molecule has 0 aliphatic carbocycles. The Morgan fingerprint density at radius 2 is 0.854 bits per heavy atom. The van der Waals surface area contributed by atoms with Gasteiger partial charge >= 0.3 is 11.9 Å². The minimum Gasteiger partial charge on any atom is -0.481 e. The smallest absolute Gasteiger partial charge is 0.306 e. The highest BCUT2D eigenvalue weighted by atomic mass is 16.5. The van der Waals surface area contributed by atoms with Gasteiger partial charge in [-0.25, -0.2) is 0 Å². The summed E-state index contributed by atoms with van der Waals surface area (Å²) in [7, 11) is 0. The predicted molar refractivity (Wildman–Crippen MR) is 209 cm³/mol. The zero-order valence-electron chi connectivity index (χ0n) is 31.8. The fourth-order valence-corrected chi connectivity index (χ4v) is 5.99. The molecule has 4 nitrogen and oxygen atoms in total. The number of aliphatic carboxylic acids is 1. The van der Waals surface area contributed by atoms with Gasteiger partial charge < -0.3 is 9.84 Å². The lowest BCUT2D eigenvalue weighted by Gasteiger charge is -2.17. The number of unbranched alkanes of at least 4 members (excludes halogenated alkanes) is 20. The summed E-state index contributed by atoms with van der Waals surface area (Å²) in [6, 6.07) is 0. The van der Waals surface area contributed by atoms with Gasteiger partial charge in [0.15, 0.2) is 0 Å². The highest BCUT2D eigenvalue weighted by molar-refractivity contribution is 5.69. The van der Waals surface area contributed by atoms with Crippen molar-refractivity contribution in [3.05, 3.63) is 48.6 Å². The van der Waals surface area contributed by atoms with E-state index in [2.05, 4.69) is 62.5 Å². The number of rotatable bonds is 37. The first-order valence-electron chi connectivity index (χ1n) is 20.6. The first-order valence-corrected chi connectivity index (χ1v) is 20.6. The molecule has 0 saturated heterocycles. The molecule has 4 heteroatoms. The van der Waals surface area contributed by atoms with Crippen molar-refractivity contribution in [3.63, 3.8) is 0 Å². The van der Waals surface area contributed by atoms with Gasteiger partial charge in [-0.2, -0.15) is 0 Å². The molecule has 0 aromatic rings. The second-order valence-corrected chi connectivity index (χ2v) is 13.8. The maximum absolute atomic E-state index is 12.5. The Balaban J connectivity index is 3.72. The molecule has 0 heterocycles. The van der Waals surface area contributed by atoms with Crippen molar-refractivity contribution in [3.8, 4) is 0 Å². The van der Waals surface area contributed by atoms with Gasteiger partial charge in [0.2, 0.25) is 0 Å². The molecular formula is C44H78O4. The van der Waals surface area contributed by atoms with Crippen LogP contribution in [0.15, 0.2) is 48.6 Å². The summed E-state index contributed by atoms with van der Waals surface area (Å²) in [5, 5.41) is 8.67. The molecule has 0 bridgehead atoms. The van der Waals surface area contributed by atoms with Crippen molar-refractivity contribution in [2.24, 2.45) is 0 Å². The Hall–Kier alpha value is -2.10. The Morgan fingerprint density at radius 3 is 1.31 bits per heavy atom. The topological polar surface area (TPSA) is 63.6 Å². The van der Waals surface area contributed by atoms with Crippen molar-refractivity contribution < 1.29 is 19.4 Å². The predicted octanol–water partition coefficient (Wildman–Crippen LogP) is 14.3. The lowest BCUT2D eigenvalue weighted by Crippen LogP contribution is -2.18. The molecule has 0 aliphatic heterocycles. The third kappa shape index (κ3) is 38.3. The van der Waals surface area contributed by atoms with Crippen molar-refractivity contribution >= 4 is 11.9 Å². The number of hydrogen-bond donors (Lipinski definition) is 1. The van der Waals surface area contributed by atoms with Gasteiger partial charge in [-0.05, 0) is 70.6 Å². The van der Waals surface area contributed by atoms with Gasteiger partial charge in [-0.15, -0.1) is 0 Å². The number of carbonyl (C=O) groups is 2. The quantitative estimate of drug-likeness (QED) is 0.0406. The van der Waals surface area contributed by atoms with E-state index in [4.69, 9.17) is 9.84 Å². The Morgan fingerprint density at radius 1 is 0.458 bits per heavy atom. The van der Waals surface area contributed by atoms with E-state index in [1.54, 1.807) is 0 Å². The molecule has 48 heavy (non-hydrogen) atoms. The summed E-state index contributed by atoms with van der Waals surface area (Å²) < 4.78 is 5.91. The van der Waals surface area contributed by atoms with Crippen LogP contribution in [0.3, 0.4) is 0 Å². The minimum absolute atomic E-state index is 0.0139. The molecule has 0 amide bonds. The van der Waals surface area contributed by atoms with Crippen LogP contribution in [0.25, 0.3) is 0 Å². The average molecular weight is 671 g/mol. The summed E-state index contributed by atoms with van der Waals surface area (Å²) >= 11 is 0. The largest absolute Gasteiger partial charge is 0.481 e. The van der Waals surface area contributed by atoms with Crippen LogP contribution in [0, 0.1) is 0 Å². The molecule has 1 N–H and O–H groups in total. The van der Waals surface area contributed by atoms with Crippen LogP contribution >= 0.6 is 0 Å². The molecule has 1 unspecified atom stereocenters. The molecule has 0 aliphatic rings. The zero-order valence-corrected chi connectivity index (χ0v) is 31.8. The molecule has 0 spiro atoms. The van der Waals surface area contributed by atoms with Gasteiger partial charge in [0.1, 0.15) is 6.10 Å². The Labute approximate surface area is 298 Å². The summed E-state index contributed by atoms with van der Waals surface area (Å²) in [4.78, 5) is 23.0. The molecule has 0 aromatic heterocycles. The highest BCUT2D eigenvalue weighted by Crippen LogP contribution is 2.18. The van der Waals surface area contributed by atoms with Gasteiger partial charge in [-0.1, -0.05) is 178 Å². The number of hydrogen-bond acceptors (Lipinski definition) is 3. The lowest BCUT2D eigenvalue weighted by molar-refractivity contribution is -0.150. The number of esters is 1. The van der Waals surface area contributed by atoms with Crippen molar-refractivity contribution in [2.45, 2.75) is 219 Å². The number of allylic oxidation sites excluding steroid dienone is 8. The third-order valence-electron chi connectivity index (χ3n) is 9.05. The summed E-state index contributed by atoms with van der Waals surface area (Å²) in [6.07, 6.45) is 53.3. The molecule has 0 radical (unpaired) electrons. The summed E-state index contributed by atoms with van der Waals surface area (Å²) in [5.74, 6) is -0.679.